The van der Waals surface area contributed by atoms with Crippen LogP contribution in [-0.4, -0.2) is 19.5 Å². The van der Waals surface area contributed by atoms with E-state index < -0.39 is 10.1 Å². The van der Waals surface area contributed by atoms with E-state index in [-0.39, 0.29) is 4.90 Å². The Morgan fingerprint density at radius 1 is 1.09 bits per heavy atom. The van der Waals surface area contributed by atoms with Crippen LogP contribution < -0.4 is 4.90 Å². The molecule has 0 aliphatic carbocycles. The third kappa shape index (κ3) is 4.32. The average Bonchev–Trinajstić information content (AvgIpc) is 2.52. The van der Waals surface area contributed by atoms with Gasteiger partial charge in [0.1, 0.15) is 0 Å². The normalized spacial score (nSPS) is 10.9. The molecular weight excluding hydrogens is 300 g/mol. The lowest BCUT2D eigenvalue weighted by Gasteiger charge is -2.24. The smallest absolute Gasteiger partial charge is 0.294 e. The Kier molecular flexibility index (Phi) is 5.15. The molecule has 1 N–H and O–H groups in total. The molecule has 0 aliphatic heterocycles. The molecule has 0 bridgehead atoms. The van der Waals surface area contributed by atoms with Crippen molar-refractivity contribution in [1.82, 2.24) is 0 Å². The van der Waals surface area contributed by atoms with Crippen molar-refractivity contribution < 1.29 is 13.0 Å². The molecule has 5 nitrogen and oxygen atoms in total. The van der Waals surface area contributed by atoms with Crippen LogP contribution in [0.5, 0.6) is 0 Å². The topological polar surface area (TPSA) is 81.4 Å². The molecule has 114 valence electrons. The fourth-order valence-corrected chi connectivity index (χ4v) is 2.70. The van der Waals surface area contributed by atoms with Gasteiger partial charge in [-0.3, -0.25) is 4.55 Å². The highest BCUT2D eigenvalue weighted by Crippen LogP contribution is 2.19. The standard InChI is InChI=1S/C16H16N2O3S/c17-10-5-11-18(15-7-2-1-3-8-15)13-14-6-4-9-16(12-14)22(19,20)21/h1-4,6-9,12H,5,11,13H2,(H,19,20,21). The Labute approximate surface area is 130 Å². The van der Waals surface area contributed by atoms with Gasteiger partial charge < -0.3 is 4.90 Å². The number of hydrogen-bond donors (Lipinski definition) is 1. The molecule has 0 heterocycles. The van der Waals surface area contributed by atoms with E-state index in [2.05, 4.69) is 6.07 Å². The van der Waals surface area contributed by atoms with Gasteiger partial charge in [0.25, 0.3) is 10.1 Å². The number of para-hydroxylation sites is 1. The average molecular weight is 316 g/mol. The quantitative estimate of drug-likeness (QED) is 0.829. The van der Waals surface area contributed by atoms with Crippen LogP contribution in [-0.2, 0) is 16.7 Å². The zero-order valence-electron chi connectivity index (χ0n) is 11.9. The molecule has 0 amide bonds. The van der Waals surface area contributed by atoms with E-state index in [1.165, 1.54) is 12.1 Å². The number of nitrogens with zero attached hydrogens (tertiary/aromatic N) is 2. The van der Waals surface area contributed by atoms with Gasteiger partial charge >= 0.3 is 0 Å². The molecule has 6 heteroatoms. The first-order valence-corrected chi connectivity index (χ1v) is 8.18. The van der Waals surface area contributed by atoms with E-state index in [9.17, 15) is 8.42 Å². The van der Waals surface area contributed by atoms with Gasteiger partial charge in [-0.2, -0.15) is 13.7 Å². The zero-order chi connectivity index (χ0) is 16.0. The molecule has 2 aromatic rings. The minimum absolute atomic E-state index is 0.127. The third-order valence-corrected chi connectivity index (χ3v) is 4.03. The second-order valence-corrected chi connectivity index (χ2v) is 6.21. The van der Waals surface area contributed by atoms with E-state index in [1.807, 2.05) is 35.2 Å². The number of hydrogen-bond acceptors (Lipinski definition) is 4. The Bertz CT molecular complexity index is 767. The van der Waals surface area contributed by atoms with Crippen LogP contribution >= 0.6 is 0 Å². The summed E-state index contributed by atoms with van der Waals surface area (Å²) in [4.78, 5) is 1.87. The number of nitriles is 1. The maximum Gasteiger partial charge on any atom is 0.294 e. The highest BCUT2D eigenvalue weighted by atomic mass is 32.2. The van der Waals surface area contributed by atoms with E-state index in [1.54, 1.807) is 12.1 Å². The number of rotatable bonds is 6. The number of anilines is 1. The van der Waals surface area contributed by atoms with Crippen molar-refractivity contribution in [2.24, 2.45) is 0 Å². The summed E-state index contributed by atoms with van der Waals surface area (Å²) < 4.78 is 31.5. The zero-order valence-corrected chi connectivity index (χ0v) is 12.7. The Morgan fingerprint density at radius 2 is 1.82 bits per heavy atom. The summed E-state index contributed by atoms with van der Waals surface area (Å²) in [6, 6.07) is 17.9. The molecule has 0 spiro atoms. The Balaban J connectivity index is 2.26. The molecule has 0 fully saturated rings. The van der Waals surface area contributed by atoms with Crippen LogP contribution in [0.25, 0.3) is 0 Å². The maximum atomic E-state index is 11.2. The van der Waals surface area contributed by atoms with Crippen molar-refractivity contribution in [2.75, 3.05) is 11.4 Å². The summed E-state index contributed by atoms with van der Waals surface area (Å²) in [6.45, 7) is 0.992. The van der Waals surface area contributed by atoms with Crippen molar-refractivity contribution in [3.05, 3.63) is 60.2 Å². The monoisotopic (exact) mass is 316 g/mol. The van der Waals surface area contributed by atoms with Crippen molar-refractivity contribution in [3.8, 4) is 6.07 Å². The van der Waals surface area contributed by atoms with Crippen LogP contribution in [0.2, 0.25) is 0 Å². The second kappa shape index (κ2) is 7.07. The predicted octanol–water partition coefficient (Wildman–Crippen LogP) is 2.85. The van der Waals surface area contributed by atoms with Crippen LogP contribution in [0.4, 0.5) is 5.69 Å². The molecular formula is C16H16N2O3S. The lowest BCUT2D eigenvalue weighted by molar-refractivity contribution is 0.483. The summed E-state index contributed by atoms with van der Waals surface area (Å²) >= 11 is 0. The van der Waals surface area contributed by atoms with Crippen LogP contribution in [0, 0.1) is 11.3 Å². The first-order valence-electron chi connectivity index (χ1n) is 6.74. The van der Waals surface area contributed by atoms with E-state index in [4.69, 9.17) is 9.81 Å². The Morgan fingerprint density at radius 3 is 2.45 bits per heavy atom. The minimum Gasteiger partial charge on any atom is -0.366 e. The van der Waals surface area contributed by atoms with Gasteiger partial charge in [-0.25, -0.2) is 0 Å². The second-order valence-electron chi connectivity index (χ2n) is 4.79. The lowest BCUT2D eigenvalue weighted by Crippen LogP contribution is -2.23. The molecule has 2 rings (SSSR count). The summed E-state index contributed by atoms with van der Waals surface area (Å²) in [5.74, 6) is 0. The summed E-state index contributed by atoms with van der Waals surface area (Å²) in [6.07, 6.45) is 0.368. The minimum atomic E-state index is -4.21. The molecule has 0 aromatic heterocycles. The molecule has 2 aromatic carbocycles. The molecule has 22 heavy (non-hydrogen) atoms. The van der Waals surface area contributed by atoms with Gasteiger partial charge in [-0.1, -0.05) is 30.3 Å². The Hall–Kier alpha value is -2.36. The van der Waals surface area contributed by atoms with Gasteiger partial charge in [0.15, 0.2) is 0 Å². The maximum absolute atomic E-state index is 11.2. The van der Waals surface area contributed by atoms with E-state index >= 15 is 0 Å². The SMILES string of the molecule is N#CCCN(Cc1cccc(S(=O)(=O)O)c1)c1ccccc1. The van der Waals surface area contributed by atoms with Crippen LogP contribution in [0.3, 0.4) is 0 Å². The van der Waals surface area contributed by atoms with Crippen LogP contribution in [0.15, 0.2) is 59.5 Å². The van der Waals surface area contributed by atoms with Gasteiger partial charge in [0, 0.05) is 18.8 Å². The number of benzene rings is 2. The summed E-state index contributed by atoms with van der Waals surface area (Å²) in [5.41, 5.74) is 1.70. The van der Waals surface area contributed by atoms with Gasteiger partial charge in [0.05, 0.1) is 17.4 Å². The van der Waals surface area contributed by atoms with Crippen LogP contribution in [0.1, 0.15) is 12.0 Å². The largest absolute Gasteiger partial charge is 0.366 e. The first-order chi connectivity index (χ1) is 10.5. The molecule has 0 saturated carbocycles. The first kappa shape index (κ1) is 16.0. The van der Waals surface area contributed by atoms with E-state index in [0.717, 1.165) is 11.3 Å². The van der Waals surface area contributed by atoms with E-state index in [0.29, 0.717) is 19.5 Å². The fraction of sp³-hybridized carbons (Fsp3) is 0.188. The third-order valence-electron chi connectivity index (χ3n) is 3.18. The summed E-state index contributed by atoms with van der Waals surface area (Å²) in [7, 11) is -4.21. The van der Waals surface area contributed by atoms with Gasteiger partial charge in [-0.15, -0.1) is 0 Å². The van der Waals surface area contributed by atoms with Crippen molar-refractivity contribution in [3.63, 3.8) is 0 Å². The molecule has 0 aliphatic rings. The van der Waals surface area contributed by atoms with Gasteiger partial charge in [-0.05, 0) is 29.8 Å². The fourth-order valence-electron chi connectivity index (χ4n) is 2.15. The molecule has 0 saturated heterocycles. The summed E-state index contributed by atoms with van der Waals surface area (Å²) in [5, 5.41) is 8.79. The molecule has 0 unspecified atom stereocenters. The van der Waals surface area contributed by atoms with Gasteiger partial charge in [0.2, 0.25) is 0 Å². The van der Waals surface area contributed by atoms with Crippen molar-refractivity contribution >= 4 is 15.8 Å². The van der Waals surface area contributed by atoms with Crippen molar-refractivity contribution in [1.29, 1.82) is 5.26 Å². The van der Waals surface area contributed by atoms with Crippen molar-refractivity contribution in [2.45, 2.75) is 17.9 Å². The highest BCUT2D eigenvalue weighted by Gasteiger charge is 2.12. The molecule has 0 atom stereocenters. The predicted molar refractivity (Wildman–Crippen MR) is 84.0 cm³/mol. The lowest BCUT2D eigenvalue weighted by atomic mass is 10.2. The highest BCUT2D eigenvalue weighted by molar-refractivity contribution is 7.85. The molecule has 0 radical (unpaired) electrons.